The number of ether oxygens (including phenoxy) is 1. The van der Waals surface area contributed by atoms with E-state index in [1.807, 2.05) is 10.9 Å². The first kappa shape index (κ1) is 19.1. The van der Waals surface area contributed by atoms with Gasteiger partial charge < -0.3 is 10.1 Å². The molecule has 26 heavy (non-hydrogen) atoms. The number of rotatable bonds is 6. The third kappa shape index (κ3) is 5.67. The Morgan fingerprint density at radius 2 is 1.77 bits per heavy atom. The van der Waals surface area contributed by atoms with Gasteiger partial charge >= 0.3 is 5.97 Å². The van der Waals surface area contributed by atoms with Crippen LogP contribution in [0.4, 0.5) is 4.39 Å². The van der Waals surface area contributed by atoms with Crippen LogP contribution in [0.5, 0.6) is 0 Å². The van der Waals surface area contributed by atoms with Crippen molar-refractivity contribution < 1.29 is 28.3 Å². The summed E-state index contributed by atoms with van der Waals surface area (Å²) in [5.74, 6) is -3.69. The molecule has 1 aromatic heterocycles. The van der Waals surface area contributed by atoms with Gasteiger partial charge in [-0.05, 0) is 23.6 Å². The summed E-state index contributed by atoms with van der Waals surface area (Å²) < 4.78 is 18.0. The molecule has 0 aliphatic heterocycles. The van der Waals surface area contributed by atoms with Gasteiger partial charge in [0.05, 0.1) is 10.4 Å². The van der Waals surface area contributed by atoms with Crippen LogP contribution < -0.4 is 16.2 Å². The topological polar surface area (TPSA) is 114 Å². The Hall–Kier alpha value is -3.27. The molecule has 1 aromatic carbocycles. The van der Waals surface area contributed by atoms with Crippen molar-refractivity contribution in [3.63, 3.8) is 0 Å². The van der Waals surface area contributed by atoms with Crippen molar-refractivity contribution in [1.29, 1.82) is 0 Å². The molecule has 2 rings (SSSR count). The summed E-state index contributed by atoms with van der Waals surface area (Å²) in [5.41, 5.74) is 3.73. The lowest BCUT2D eigenvalue weighted by atomic mass is 10.2. The molecular formula is C16H14FN3O5S. The molecular weight excluding hydrogens is 365 g/mol. The summed E-state index contributed by atoms with van der Waals surface area (Å²) in [6, 6.07) is 8.51. The lowest BCUT2D eigenvalue weighted by Crippen LogP contribution is -2.44. The standard InChI is InChI=1S/C16H14FN3O5S/c17-11-5-2-1-4-10(11)15(23)20-19-13(21)9-25-14(22)8-18-16(24)12-6-3-7-26-12/h1-7H,8-9H2,(H,18,24)(H,19,21)(H,20,23). The van der Waals surface area contributed by atoms with Crippen LogP contribution in [0.1, 0.15) is 20.0 Å². The number of hydrazine groups is 1. The molecule has 3 amide bonds. The Morgan fingerprint density at radius 1 is 1.00 bits per heavy atom. The van der Waals surface area contributed by atoms with Crippen LogP contribution in [0.3, 0.4) is 0 Å². The van der Waals surface area contributed by atoms with Crippen LogP contribution in [0, 0.1) is 5.82 Å². The predicted molar refractivity (Wildman–Crippen MR) is 89.6 cm³/mol. The third-order valence-corrected chi connectivity index (χ3v) is 3.81. The minimum Gasteiger partial charge on any atom is -0.454 e. The molecule has 0 aliphatic rings. The maximum Gasteiger partial charge on any atom is 0.325 e. The second-order valence-corrected chi connectivity index (χ2v) is 5.75. The summed E-state index contributed by atoms with van der Waals surface area (Å²) in [6.45, 7) is -1.09. The minimum atomic E-state index is -0.856. The van der Waals surface area contributed by atoms with Gasteiger partial charge in [-0.15, -0.1) is 11.3 Å². The van der Waals surface area contributed by atoms with E-state index in [4.69, 9.17) is 0 Å². The molecule has 136 valence electrons. The summed E-state index contributed by atoms with van der Waals surface area (Å²) in [7, 11) is 0. The number of esters is 1. The average Bonchev–Trinajstić information content (AvgIpc) is 3.17. The van der Waals surface area contributed by atoms with Crippen molar-refractivity contribution in [2.75, 3.05) is 13.2 Å². The number of carbonyl (C=O) groups is 4. The molecule has 10 heteroatoms. The maximum absolute atomic E-state index is 13.4. The Labute approximate surface area is 151 Å². The zero-order valence-electron chi connectivity index (χ0n) is 13.3. The molecule has 0 saturated heterocycles. The Kier molecular flexibility index (Phi) is 6.80. The number of halogens is 1. The van der Waals surface area contributed by atoms with Gasteiger partial charge in [-0.1, -0.05) is 18.2 Å². The summed E-state index contributed by atoms with van der Waals surface area (Å²) in [4.78, 5) is 46.7. The van der Waals surface area contributed by atoms with Crippen LogP contribution in [0.25, 0.3) is 0 Å². The zero-order chi connectivity index (χ0) is 18.9. The molecule has 0 aliphatic carbocycles. The second kappa shape index (κ2) is 9.28. The number of carbonyl (C=O) groups excluding carboxylic acids is 4. The fraction of sp³-hybridized carbons (Fsp3) is 0.125. The number of hydrogen-bond acceptors (Lipinski definition) is 6. The number of hydrogen-bond donors (Lipinski definition) is 3. The van der Waals surface area contributed by atoms with Gasteiger partial charge in [-0.3, -0.25) is 30.0 Å². The van der Waals surface area contributed by atoms with Gasteiger partial charge in [0.25, 0.3) is 17.7 Å². The molecule has 8 nitrogen and oxygen atoms in total. The molecule has 0 unspecified atom stereocenters. The Morgan fingerprint density at radius 3 is 2.46 bits per heavy atom. The van der Waals surface area contributed by atoms with E-state index in [9.17, 15) is 23.6 Å². The summed E-state index contributed by atoms with van der Waals surface area (Å²) in [5, 5.41) is 4.06. The van der Waals surface area contributed by atoms with E-state index in [-0.39, 0.29) is 5.56 Å². The van der Waals surface area contributed by atoms with Crippen LogP contribution in [-0.4, -0.2) is 36.8 Å². The first-order valence-corrected chi connectivity index (χ1v) is 8.16. The van der Waals surface area contributed by atoms with E-state index in [1.54, 1.807) is 17.5 Å². The zero-order valence-corrected chi connectivity index (χ0v) is 14.1. The van der Waals surface area contributed by atoms with Crippen molar-refractivity contribution >= 4 is 35.0 Å². The molecule has 0 bridgehead atoms. The highest BCUT2D eigenvalue weighted by Gasteiger charge is 2.13. The van der Waals surface area contributed by atoms with Crippen molar-refractivity contribution in [3.8, 4) is 0 Å². The van der Waals surface area contributed by atoms with Crippen LogP contribution in [0.15, 0.2) is 41.8 Å². The normalized spacial score (nSPS) is 9.88. The molecule has 0 atom stereocenters. The molecule has 0 fully saturated rings. The molecule has 0 radical (unpaired) electrons. The number of nitrogens with one attached hydrogen (secondary N) is 3. The fourth-order valence-electron chi connectivity index (χ4n) is 1.72. The van der Waals surface area contributed by atoms with Gasteiger partial charge in [-0.25, -0.2) is 4.39 Å². The van der Waals surface area contributed by atoms with Crippen molar-refractivity contribution in [1.82, 2.24) is 16.2 Å². The third-order valence-electron chi connectivity index (χ3n) is 2.94. The van der Waals surface area contributed by atoms with Crippen molar-refractivity contribution in [2.45, 2.75) is 0 Å². The van der Waals surface area contributed by atoms with Gasteiger partial charge in [0, 0.05) is 0 Å². The fourth-order valence-corrected chi connectivity index (χ4v) is 2.36. The second-order valence-electron chi connectivity index (χ2n) is 4.80. The van der Waals surface area contributed by atoms with Gasteiger partial charge in [-0.2, -0.15) is 0 Å². The Bertz CT molecular complexity index is 810. The van der Waals surface area contributed by atoms with Gasteiger partial charge in [0.15, 0.2) is 6.61 Å². The number of amides is 3. The van der Waals surface area contributed by atoms with E-state index in [0.717, 1.165) is 6.07 Å². The van der Waals surface area contributed by atoms with Gasteiger partial charge in [0.2, 0.25) is 0 Å². The summed E-state index contributed by atoms with van der Waals surface area (Å²) >= 11 is 1.21. The Balaban J connectivity index is 1.66. The lowest BCUT2D eigenvalue weighted by Gasteiger charge is -2.09. The smallest absolute Gasteiger partial charge is 0.325 e. The first-order valence-electron chi connectivity index (χ1n) is 7.28. The van der Waals surface area contributed by atoms with Crippen LogP contribution in [0.2, 0.25) is 0 Å². The monoisotopic (exact) mass is 379 g/mol. The highest BCUT2D eigenvalue weighted by molar-refractivity contribution is 7.12. The van der Waals surface area contributed by atoms with Crippen molar-refractivity contribution in [2.24, 2.45) is 0 Å². The van der Waals surface area contributed by atoms with Crippen LogP contribution >= 0.6 is 11.3 Å². The molecule has 2 aromatic rings. The van der Waals surface area contributed by atoms with Crippen molar-refractivity contribution in [3.05, 3.63) is 58.0 Å². The van der Waals surface area contributed by atoms with E-state index >= 15 is 0 Å². The van der Waals surface area contributed by atoms with E-state index in [2.05, 4.69) is 10.1 Å². The van der Waals surface area contributed by atoms with Crippen LogP contribution in [-0.2, 0) is 14.3 Å². The quantitative estimate of drug-likeness (QED) is 0.503. The predicted octanol–water partition coefficient (Wildman–Crippen LogP) is 0.621. The molecule has 0 spiro atoms. The number of benzene rings is 1. The molecule has 0 saturated carbocycles. The van der Waals surface area contributed by atoms with Gasteiger partial charge in [0.1, 0.15) is 12.4 Å². The molecule has 3 N–H and O–H groups in total. The maximum atomic E-state index is 13.4. The molecule has 1 heterocycles. The average molecular weight is 379 g/mol. The van der Waals surface area contributed by atoms with E-state index < -0.39 is 42.7 Å². The van der Waals surface area contributed by atoms with E-state index in [0.29, 0.717) is 4.88 Å². The largest absolute Gasteiger partial charge is 0.454 e. The summed E-state index contributed by atoms with van der Waals surface area (Å²) in [6.07, 6.45) is 0. The van der Waals surface area contributed by atoms with E-state index in [1.165, 1.54) is 29.5 Å². The highest BCUT2D eigenvalue weighted by atomic mass is 32.1. The minimum absolute atomic E-state index is 0.249. The lowest BCUT2D eigenvalue weighted by molar-refractivity contribution is -0.147. The SMILES string of the molecule is O=C(COC(=O)CNC(=O)c1cccs1)NNC(=O)c1ccccc1F. The number of thiophene rings is 1. The first-order chi connectivity index (χ1) is 12.5. The highest BCUT2D eigenvalue weighted by Crippen LogP contribution is 2.07.